The van der Waals surface area contributed by atoms with Gasteiger partial charge < -0.3 is 9.84 Å². The van der Waals surface area contributed by atoms with E-state index in [0.717, 1.165) is 0 Å². The number of alkyl halides is 3. The molecule has 0 aliphatic carbocycles. The van der Waals surface area contributed by atoms with Crippen LogP contribution in [0.3, 0.4) is 0 Å². The summed E-state index contributed by atoms with van der Waals surface area (Å²) in [4.78, 5) is 19.6. The Morgan fingerprint density at radius 3 is 2.37 bits per heavy atom. The monoisotopic (exact) mass is 376 g/mol. The van der Waals surface area contributed by atoms with E-state index in [1.807, 2.05) is 0 Å². The molecule has 0 atom stereocenters. The first-order valence-electron chi connectivity index (χ1n) is 7.91. The van der Waals surface area contributed by atoms with E-state index >= 15 is 0 Å². The normalized spacial score (nSPS) is 12.0. The van der Waals surface area contributed by atoms with Gasteiger partial charge in [-0.2, -0.15) is 18.2 Å². The van der Waals surface area contributed by atoms with Crippen molar-refractivity contribution in [1.29, 1.82) is 0 Å². The number of hydrogen-bond donors (Lipinski definition) is 1. The predicted octanol–water partition coefficient (Wildman–Crippen LogP) is 4.06. The van der Waals surface area contributed by atoms with Crippen LogP contribution in [0, 0.1) is 0 Å². The Balaban J connectivity index is 1.79. The van der Waals surface area contributed by atoms with Crippen LogP contribution in [-0.4, -0.2) is 21.0 Å². The number of benzene rings is 1. The Labute approximate surface area is 152 Å². The van der Waals surface area contributed by atoms with Gasteiger partial charge in [-0.3, -0.25) is 9.78 Å². The molecule has 0 saturated carbocycles. The lowest BCUT2D eigenvalue weighted by molar-refractivity contribution is -0.159. The Bertz CT molecular complexity index is 935. The maximum absolute atomic E-state index is 12.7. The van der Waals surface area contributed by atoms with Gasteiger partial charge in [-0.1, -0.05) is 17.3 Å². The van der Waals surface area contributed by atoms with Crippen molar-refractivity contribution in [3.8, 4) is 0 Å². The van der Waals surface area contributed by atoms with Crippen LogP contribution in [0.25, 0.3) is 0 Å². The van der Waals surface area contributed by atoms with Crippen molar-refractivity contribution in [2.45, 2.75) is 25.4 Å². The zero-order chi connectivity index (χ0) is 19.7. The van der Waals surface area contributed by atoms with Crippen LogP contribution in [0.2, 0.25) is 0 Å². The number of anilines is 1. The van der Waals surface area contributed by atoms with Gasteiger partial charge in [0.05, 0.1) is 17.3 Å². The third kappa shape index (κ3) is 3.97. The minimum atomic E-state index is -4.70. The number of halogens is 3. The Morgan fingerprint density at radius 1 is 1.11 bits per heavy atom. The van der Waals surface area contributed by atoms with Crippen molar-refractivity contribution < 1.29 is 22.5 Å². The highest BCUT2D eigenvalue weighted by Crippen LogP contribution is 2.33. The highest BCUT2D eigenvalue weighted by Gasteiger charge is 2.40. The highest BCUT2D eigenvalue weighted by atomic mass is 19.4. The number of nitrogens with one attached hydrogen (secondary N) is 1. The summed E-state index contributed by atoms with van der Waals surface area (Å²) in [7, 11) is 0. The van der Waals surface area contributed by atoms with E-state index in [2.05, 4.69) is 25.0 Å². The number of amides is 1. The number of carbonyl (C=O) groups is 1. The van der Waals surface area contributed by atoms with E-state index in [9.17, 15) is 18.0 Å². The number of hydrogen-bond acceptors (Lipinski definition) is 5. The van der Waals surface area contributed by atoms with Gasteiger partial charge in [-0.15, -0.1) is 0 Å². The average molecular weight is 376 g/mol. The van der Waals surface area contributed by atoms with Crippen LogP contribution in [0.4, 0.5) is 18.9 Å². The van der Waals surface area contributed by atoms with Gasteiger partial charge in [0.25, 0.3) is 5.91 Å². The van der Waals surface area contributed by atoms with Crippen molar-refractivity contribution >= 4 is 11.6 Å². The van der Waals surface area contributed by atoms with Gasteiger partial charge in [-0.25, -0.2) is 0 Å². The number of aromatic nitrogens is 3. The predicted molar refractivity (Wildman–Crippen MR) is 90.1 cm³/mol. The quantitative estimate of drug-likeness (QED) is 0.743. The maximum atomic E-state index is 12.7. The van der Waals surface area contributed by atoms with Gasteiger partial charge in [0.15, 0.2) is 5.82 Å². The molecule has 27 heavy (non-hydrogen) atoms. The molecule has 6 nitrogen and oxygen atoms in total. The van der Waals surface area contributed by atoms with E-state index in [-0.39, 0.29) is 11.7 Å². The van der Waals surface area contributed by atoms with Crippen LogP contribution < -0.4 is 5.32 Å². The largest absolute Gasteiger partial charge is 0.471 e. The highest BCUT2D eigenvalue weighted by molar-refractivity contribution is 6.04. The molecular formula is C18H15F3N4O2. The van der Waals surface area contributed by atoms with E-state index in [1.54, 1.807) is 56.4 Å². The first-order valence-corrected chi connectivity index (χ1v) is 7.91. The smallest absolute Gasteiger partial charge is 0.329 e. The molecule has 2 aromatic heterocycles. The standard InChI is InChI=1S/C18H15F3N4O2/c1-17(2,15-24-16(27-25-15)18(19,20)21)12-7-5-11(6-8-12)14(26)23-13-4-3-9-22-10-13/h3-10H,1-2H3,(H,23,26). The summed E-state index contributed by atoms with van der Waals surface area (Å²) >= 11 is 0. The summed E-state index contributed by atoms with van der Waals surface area (Å²) in [6.45, 7) is 3.34. The summed E-state index contributed by atoms with van der Waals surface area (Å²) in [6.07, 6.45) is -1.59. The zero-order valence-corrected chi connectivity index (χ0v) is 14.4. The minimum Gasteiger partial charge on any atom is -0.329 e. The lowest BCUT2D eigenvalue weighted by atomic mass is 9.83. The van der Waals surface area contributed by atoms with Crippen LogP contribution in [0.15, 0.2) is 53.3 Å². The summed E-state index contributed by atoms with van der Waals surface area (Å²) < 4.78 is 42.3. The fourth-order valence-corrected chi connectivity index (χ4v) is 2.40. The van der Waals surface area contributed by atoms with Crippen molar-refractivity contribution in [3.63, 3.8) is 0 Å². The molecule has 0 bridgehead atoms. The average Bonchev–Trinajstić information content (AvgIpc) is 3.14. The lowest BCUT2D eigenvalue weighted by Gasteiger charge is -2.21. The van der Waals surface area contributed by atoms with Crippen molar-refractivity contribution in [1.82, 2.24) is 15.1 Å². The molecule has 0 fully saturated rings. The van der Waals surface area contributed by atoms with Crippen LogP contribution in [0.1, 0.15) is 41.5 Å². The summed E-state index contributed by atoms with van der Waals surface area (Å²) in [5.74, 6) is -1.81. The van der Waals surface area contributed by atoms with E-state index in [0.29, 0.717) is 16.8 Å². The van der Waals surface area contributed by atoms with Gasteiger partial charge >= 0.3 is 12.1 Å². The molecule has 0 saturated heterocycles. The summed E-state index contributed by atoms with van der Waals surface area (Å²) in [5.41, 5.74) is 0.640. The first kappa shape index (κ1) is 18.6. The first-order chi connectivity index (χ1) is 12.7. The second-order valence-corrected chi connectivity index (χ2v) is 6.32. The van der Waals surface area contributed by atoms with Crippen molar-refractivity contribution in [3.05, 3.63) is 71.6 Å². The van der Waals surface area contributed by atoms with Gasteiger partial charge in [-0.05, 0) is 43.7 Å². The minimum absolute atomic E-state index is 0.0950. The van der Waals surface area contributed by atoms with E-state index < -0.39 is 17.5 Å². The number of rotatable bonds is 4. The third-order valence-corrected chi connectivity index (χ3v) is 4.02. The molecule has 0 radical (unpaired) electrons. The van der Waals surface area contributed by atoms with E-state index in [4.69, 9.17) is 0 Å². The topological polar surface area (TPSA) is 80.9 Å². The Morgan fingerprint density at radius 2 is 1.81 bits per heavy atom. The molecular weight excluding hydrogens is 361 g/mol. The molecule has 140 valence electrons. The molecule has 1 N–H and O–H groups in total. The molecule has 0 spiro atoms. The van der Waals surface area contributed by atoms with Gasteiger partial charge in [0.1, 0.15) is 0 Å². The summed E-state index contributed by atoms with van der Waals surface area (Å²) in [6, 6.07) is 9.84. The lowest BCUT2D eigenvalue weighted by Crippen LogP contribution is -2.21. The number of nitrogens with zero attached hydrogens (tertiary/aromatic N) is 3. The van der Waals surface area contributed by atoms with Crippen molar-refractivity contribution in [2.24, 2.45) is 0 Å². The van der Waals surface area contributed by atoms with Crippen LogP contribution in [-0.2, 0) is 11.6 Å². The summed E-state index contributed by atoms with van der Waals surface area (Å²) in [5, 5.41) is 6.15. The molecule has 0 unspecified atom stereocenters. The second kappa shape index (κ2) is 6.82. The van der Waals surface area contributed by atoms with Crippen molar-refractivity contribution in [2.75, 3.05) is 5.32 Å². The zero-order valence-electron chi connectivity index (χ0n) is 14.4. The van der Waals surface area contributed by atoms with Crippen LogP contribution in [0.5, 0.6) is 0 Å². The molecule has 0 aliphatic heterocycles. The molecule has 1 amide bonds. The van der Waals surface area contributed by atoms with Crippen LogP contribution >= 0.6 is 0 Å². The Hall–Kier alpha value is -3.23. The fourth-order valence-electron chi connectivity index (χ4n) is 2.40. The molecule has 1 aromatic carbocycles. The second-order valence-electron chi connectivity index (χ2n) is 6.32. The Kier molecular flexibility index (Phi) is 4.69. The fraction of sp³-hybridized carbons (Fsp3) is 0.222. The maximum Gasteiger partial charge on any atom is 0.471 e. The number of carbonyl (C=O) groups excluding carboxylic acids is 1. The van der Waals surface area contributed by atoms with Gasteiger partial charge in [0.2, 0.25) is 0 Å². The van der Waals surface area contributed by atoms with Gasteiger partial charge in [0, 0.05) is 11.8 Å². The van der Waals surface area contributed by atoms with E-state index in [1.165, 1.54) is 6.20 Å². The molecule has 9 heteroatoms. The molecule has 0 aliphatic rings. The molecule has 3 rings (SSSR count). The molecule has 2 heterocycles. The third-order valence-electron chi connectivity index (χ3n) is 4.02. The molecule has 3 aromatic rings. The SMILES string of the molecule is CC(C)(c1ccc(C(=O)Nc2cccnc2)cc1)c1noc(C(F)(F)F)n1. The number of pyridine rings is 1.